The lowest BCUT2D eigenvalue weighted by atomic mass is 10.3. The first-order chi connectivity index (χ1) is 6.72. The van der Waals surface area contributed by atoms with Gasteiger partial charge in [0.2, 0.25) is 0 Å². The second-order valence-electron chi connectivity index (χ2n) is 2.80. The number of aryl methyl sites for hydroxylation is 1. The molecule has 0 amide bonds. The zero-order valence-electron chi connectivity index (χ0n) is 7.47. The van der Waals surface area contributed by atoms with E-state index in [0.29, 0.717) is 11.2 Å². The summed E-state index contributed by atoms with van der Waals surface area (Å²) in [5, 5.41) is 3.97. The molecule has 0 saturated carbocycles. The molecule has 72 valence electrons. The van der Waals surface area contributed by atoms with Gasteiger partial charge in [0.05, 0.1) is 15.7 Å². The number of carbonyl (C=O) groups excluding carboxylic acids is 1. The van der Waals surface area contributed by atoms with Crippen LogP contribution in [0.1, 0.15) is 16.1 Å². The molecule has 0 bridgehead atoms. The molecule has 1 unspecified atom stereocenters. The lowest BCUT2D eigenvalue weighted by Crippen LogP contribution is -1.99. The number of aromatic nitrogens is 3. The number of hydrogen-bond acceptors (Lipinski definition) is 4. The van der Waals surface area contributed by atoms with Crippen LogP contribution in [0.4, 0.5) is 0 Å². The number of fused-ring (bicyclic) bond motifs is 1. The minimum absolute atomic E-state index is 0.365. The summed E-state index contributed by atoms with van der Waals surface area (Å²) in [6, 6.07) is 1.82. The normalized spacial score (nSPS) is 10.4. The highest BCUT2D eigenvalue weighted by atomic mass is 31.0. The van der Waals surface area contributed by atoms with E-state index >= 15 is 0 Å². The van der Waals surface area contributed by atoms with Gasteiger partial charge >= 0.3 is 5.97 Å². The van der Waals surface area contributed by atoms with Gasteiger partial charge in [-0.15, -0.1) is 0 Å². The van der Waals surface area contributed by atoms with Crippen molar-refractivity contribution in [2.45, 2.75) is 6.92 Å². The largest absolute Gasteiger partial charge is 0.448 e. The van der Waals surface area contributed by atoms with Gasteiger partial charge in [-0.25, -0.2) is 14.3 Å². The molecule has 1 atom stereocenters. The molecule has 2 heterocycles. The Kier molecular flexibility index (Phi) is 2.17. The second kappa shape index (κ2) is 3.35. The van der Waals surface area contributed by atoms with E-state index < -0.39 is 5.97 Å². The molecule has 0 fully saturated rings. The Morgan fingerprint density at radius 3 is 3.14 bits per heavy atom. The van der Waals surface area contributed by atoms with Crippen molar-refractivity contribution in [3.8, 4) is 0 Å². The first kappa shape index (κ1) is 9.09. The monoisotopic (exact) mass is 209 g/mol. The molecule has 2 rings (SSSR count). The lowest BCUT2D eigenvalue weighted by molar-refractivity contribution is 0.0767. The van der Waals surface area contributed by atoms with Crippen molar-refractivity contribution >= 4 is 21.1 Å². The fourth-order valence-electron chi connectivity index (χ4n) is 1.17. The van der Waals surface area contributed by atoms with Crippen LogP contribution in [-0.4, -0.2) is 20.6 Å². The molecule has 14 heavy (non-hydrogen) atoms. The summed E-state index contributed by atoms with van der Waals surface area (Å²) < 4.78 is 6.06. The van der Waals surface area contributed by atoms with Gasteiger partial charge in [0.1, 0.15) is 5.56 Å². The topological polar surface area (TPSA) is 56.5 Å². The Morgan fingerprint density at radius 1 is 1.64 bits per heavy atom. The zero-order valence-corrected chi connectivity index (χ0v) is 8.62. The van der Waals surface area contributed by atoms with Gasteiger partial charge in [-0.1, -0.05) is 0 Å². The van der Waals surface area contributed by atoms with Gasteiger partial charge in [-0.05, 0) is 13.0 Å². The molecule has 0 N–H and O–H groups in total. The second-order valence-corrected chi connectivity index (χ2v) is 3.04. The van der Waals surface area contributed by atoms with Gasteiger partial charge in [-0.3, -0.25) is 0 Å². The maximum absolute atomic E-state index is 11.3. The van der Waals surface area contributed by atoms with Crippen LogP contribution in [0.2, 0.25) is 0 Å². The van der Waals surface area contributed by atoms with E-state index in [9.17, 15) is 4.79 Å². The van der Waals surface area contributed by atoms with Crippen molar-refractivity contribution in [1.82, 2.24) is 14.6 Å². The SMILES string of the molecule is Cc1ccn2ncc(C(=O)OP)c2n1. The standard InChI is InChI=1S/C8H8N3O2P/c1-5-2-3-11-7(10-5)6(4-9-11)8(12)13-14/h2-4H,14H2,1H3. The van der Waals surface area contributed by atoms with Crippen molar-refractivity contribution < 1.29 is 9.32 Å². The summed E-state index contributed by atoms with van der Waals surface area (Å²) in [7, 11) is 1.91. The molecule has 0 spiro atoms. The lowest BCUT2D eigenvalue weighted by Gasteiger charge is -1.96. The molecule has 2 aromatic rings. The highest BCUT2D eigenvalue weighted by molar-refractivity contribution is 7.10. The van der Waals surface area contributed by atoms with E-state index in [0.717, 1.165) is 5.69 Å². The van der Waals surface area contributed by atoms with Gasteiger partial charge in [0.25, 0.3) is 0 Å². The molecule has 0 aliphatic carbocycles. The molecule has 0 aliphatic rings. The number of hydrogen-bond donors (Lipinski definition) is 0. The van der Waals surface area contributed by atoms with E-state index in [1.165, 1.54) is 10.7 Å². The molecule has 0 aliphatic heterocycles. The molecule has 0 radical (unpaired) electrons. The van der Waals surface area contributed by atoms with Gasteiger partial charge in [0, 0.05) is 11.9 Å². The first-order valence-corrected chi connectivity index (χ1v) is 4.41. The summed E-state index contributed by atoms with van der Waals surface area (Å²) in [5.41, 5.74) is 1.71. The van der Waals surface area contributed by atoms with E-state index in [-0.39, 0.29) is 0 Å². The minimum atomic E-state index is -0.455. The predicted molar refractivity (Wildman–Crippen MR) is 52.8 cm³/mol. The van der Waals surface area contributed by atoms with E-state index in [4.69, 9.17) is 0 Å². The van der Waals surface area contributed by atoms with Crippen molar-refractivity contribution in [2.75, 3.05) is 0 Å². The van der Waals surface area contributed by atoms with Crippen LogP contribution in [0.15, 0.2) is 18.5 Å². The Morgan fingerprint density at radius 2 is 2.43 bits per heavy atom. The smallest absolute Gasteiger partial charge is 0.345 e. The van der Waals surface area contributed by atoms with Crippen LogP contribution in [0.5, 0.6) is 0 Å². The first-order valence-electron chi connectivity index (χ1n) is 3.94. The van der Waals surface area contributed by atoms with E-state index in [1.807, 2.05) is 22.5 Å². The van der Waals surface area contributed by atoms with Crippen LogP contribution in [0.3, 0.4) is 0 Å². The predicted octanol–water partition coefficient (Wildman–Crippen LogP) is 0.985. The molecular weight excluding hydrogens is 201 g/mol. The number of nitrogens with zero attached hydrogens (tertiary/aromatic N) is 3. The van der Waals surface area contributed by atoms with Crippen LogP contribution >= 0.6 is 9.47 Å². The van der Waals surface area contributed by atoms with Gasteiger partial charge in [-0.2, -0.15) is 5.10 Å². The van der Waals surface area contributed by atoms with Crippen molar-refractivity contribution in [3.63, 3.8) is 0 Å². The third-order valence-electron chi connectivity index (χ3n) is 1.84. The number of rotatable bonds is 1. The Hall–Kier alpha value is -1.48. The molecule has 2 aromatic heterocycles. The van der Waals surface area contributed by atoms with E-state index in [2.05, 4.69) is 14.6 Å². The van der Waals surface area contributed by atoms with Gasteiger partial charge in [0.15, 0.2) is 5.65 Å². The van der Waals surface area contributed by atoms with E-state index in [1.54, 1.807) is 6.20 Å². The minimum Gasteiger partial charge on any atom is -0.448 e. The molecule has 5 nitrogen and oxygen atoms in total. The van der Waals surface area contributed by atoms with Crippen LogP contribution in [-0.2, 0) is 4.52 Å². The zero-order chi connectivity index (χ0) is 10.1. The Labute approximate surface area is 82.4 Å². The van der Waals surface area contributed by atoms with Crippen molar-refractivity contribution in [1.29, 1.82) is 0 Å². The van der Waals surface area contributed by atoms with Crippen LogP contribution in [0, 0.1) is 6.92 Å². The average molecular weight is 209 g/mol. The fourth-order valence-corrected chi connectivity index (χ4v) is 1.29. The quantitative estimate of drug-likeness (QED) is 0.657. The summed E-state index contributed by atoms with van der Waals surface area (Å²) in [6.45, 7) is 1.85. The highest BCUT2D eigenvalue weighted by Gasteiger charge is 2.13. The number of carbonyl (C=O) groups is 1. The molecule has 6 heteroatoms. The summed E-state index contributed by atoms with van der Waals surface area (Å²) in [6.07, 6.45) is 3.19. The third kappa shape index (κ3) is 1.36. The fraction of sp³-hybridized carbons (Fsp3) is 0.125. The Balaban J connectivity index is 2.67. The van der Waals surface area contributed by atoms with Crippen molar-refractivity contribution in [3.05, 3.63) is 29.7 Å². The summed E-state index contributed by atoms with van der Waals surface area (Å²) >= 11 is 0. The molecule has 0 saturated heterocycles. The van der Waals surface area contributed by atoms with Crippen LogP contribution < -0.4 is 0 Å². The summed E-state index contributed by atoms with van der Waals surface area (Å²) in [5.74, 6) is -0.455. The van der Waals surface area contributed by atoms with Crippen molar-refractivity contribution in [2.24, 2.45) is 0 Å². The summed E-state index contributed by atoms with van der Waals surface area (Å²) in [4.78, 5) is 15.5. The third-order valence-corrected chi connectivity index (χ3v) is 2.05. The maximum atomic E-state index is 11.3. The van der Waals surface area contributed by atoms with Crippen LogP contribution in [0.25, 0.3) is 5.65 Å². The molecule has 0 aromatic carbocycles. The Bertz CT molecular complexity index is 494. The molecular formula is C8H8N3O2P. The highest BCUT2D eigenvalue weighted by Crippen LogP contribution is 2.11. The average Bonchev–Trinajstić information content (AvgIpc) is 2.59. The maximum Gasteiger partial charge on any atom is 0.345 e. The van der Waals surface area contributed by atoms with Gasteiger partial charge < -0.3 is 4.52 Å².